The van der Waals surface area contributed by atoms with Gasteiger partial charge >= 0.3 is 5.97 Å². The minimum absolute atomic E-state index is 0.182. The summed E-state index contributed by atoms with van der Waals surface area (Å²) in [6, 6.07) is 6.69. The second-order valence-corrected chi connectivity index (χ2v) is 7.16. The number of hydrogen-bond donors (Lipinski definition) is 4. The number of carbonyl (C=O) groups excluding carboxylic acids is 1. The van der Waals surface area contributed by atoms with E-state index >= 15 is 0 Å². The molecule has 10 heteroatoms. The number of pyridine rings is 1. The highest BCUT2D eigenvalue weighted by Gasteiger charge is 2.10. The lowest BCUT2D eigenvalue weighted by Crippen LogP contribution is -2.23. The van der Waals surface area contributed by atoms with Gasteiger partial charge in [0.1, 0.15) is 10.2 Å². The van der Waals surface area contributed by atoms with Crippen molar-refractivity contribution in [3.8, 4) is 0 Å². The van der Waals surface area contributed by atoms with Crippen molar-refractivity contribution < 1.29 is 14.7 Å². The zero-order valence-corrected chi connectivity index (χ0v) is 15.7. The first kappa shape index (κ1) is 19.7. The predicted molar refractivity (Wildman–Crippen MR) is 105 cm³/mol. The number of carbonyl (C=O) groups is 2. The third kappa shape index (κ3) is 5.45. The minimum atomic E-state index is -0.964. The molecule has 0 aliphatic heterocycles. The predicted octanol–water partition coefficient (Wildman–Crippen LogP) is 3.34. The summed E-state index contributed by atoms with van der Waals surface area (Å²) in [5.41, 5.74) is 12.5. The van der Waals surface area contributed by atoms with Crippen LogP contribution in [0.25, 0.3) is 0 Å². The zero-order chi connectivity index (χ0) is 19.1. The molecule has 0 spiro atoms. The lowest BCUT2D eigenvalue weighted by molar-refractivity contribution is 0.0698. The summed E-state index contributed by atoms with van der Waals surface area (Å²) in [6.45, 7) is 0.401. The first-order valence-corrected chi connectivity index (χ1v) is 9.30. The summed E-state index contributed by atoms with van der Waals surface area (Å²) in [5.74, 6) is -1.15. The lowest BCUT2D eigenvalue weighted by Gasteiger charge is -2.04. The molecule has 3 aromatic heterocycles. The number of aromatic nitrogens is 1. The van der Waals surface area contributed by atoms with E-state index in [9.17, 15) is 9.59 Å². The van der Waals surface area contributed by atoms with E-state index in [1.807, 2.05) is 6.07 Å². The molecule has 7 nitrogen and oxygen atoms in total. The highest BCUT2D eigenvalue weighted by atomic mass is 35.5. The third-order valence-electron chi connectivity index (χ3n) is 3.11. The van der Waals surface area contributed by atoms with E-state index in [2.05, 4.69) is 10.3 Å². The van der Waals surface area contributed by atoms with Crippen molar-refractivity contribution in [2.75, 3.05) is 11.5 Å². The van der Waals surface area contributed by atoms with Crippen molar-refractivity contribution in [3.05, 3.63) is 63.1 Å². The van der Waals surface area contributed by atoms with Gasteiger partial charge in [0.25, 0.3) is 5.91 Å². The molecule has 3 heterocycles. The number of halogens is 1. The van der Waals surface area contributed by atoms with Crippen molar-refractivity contribution in [2.24, 2.45) is 0 Å². The van der Waals surface area contributed by atoms with Gasteiger partial charge in [-0.25, -0.2) is 9.78 Å². The molecule has 0 radical (unpaired) electrons. The molecule has 0 aliphatic carbocycles. The maximum Gasteiger partial charge on any atom is 0.338 e. The molecule has 136 valence electrons. The van der Waals surface area contributed by atoms with Crippen molar-refractivity contribution >= 4 is 56.2 Å². The van der Waals surface area contributed by atoms with Crippen molar-refractivity contribution in [2.45, 2.75) is 6.54 Å². The van der Waals surface area contributed by atoms with E-state index in [1.54, 1.807) is 29.1 Å². The Labute approximate surface area is 162 Å². The second kappa shape index (κ2) is 9.18. The van der Waals surface area contributed by atoms with Gasteiger partial charge in [-0.3, -0.25) is 4.79 Å². The van der Waals surface area contributed by atoms with Gasteiger partial charge in [-0.05, 0) is 34.5 Å². The molecule has 1 amide bonds. The summed E-state index contributed by atoms with van der Waals surface area (Å²) in [6.07, 6.45) is 1.62. The highest BCUT2D eigenvalue weighted by molar-refractivity contribution is 7.14. The molecule has 26 heavy (non-hydrogen) atoms. The van der Waals surface area contributed by atoms with Gasteiger partial charge in [0.15, 0.2) is 0 Å². The number of carboxylic acids is 1. The van der Waals surface area contributed by atoms with Gasteiger partial charge in [0.2, 0.25) is 0 Å². The smallest absolute Gasteiger partial charge is 0.338 e. The van der Waals surface area contributed by atoms with Crippen LogP contribution in [0, 0.1) is 0 Å². The molecule has 0 bridgehead atoms. The van der Waals surface area contributed by atoms with Crippen LogP contribution in [-0.4, -0.2) is 22.0 Å². The van der Waals surface area contributed by atoms with Crippen LogP contribution in [0.5, 0.6) is 0 Å². The van der Waals surface area contributed by atoms with E-state index in [0.29, 0.717) is 27.3 Å². The van der Waals surface area contributed by atoms with Gasteiger partial charge in [-0.1, -0.05) is 17.7 Å². The van der Waals surface area contributed by atoms with Gasteiger partial charge in [0, 0.05) is 12.7 Å². The average Bonchev–Trinajstić information content (AvgIpc) is 3.23. The van der Waals surface area contributed by atoms with Crippen LogP contribution in [0.2, 0.25) is 5.15 Å². The number of nitrogens with zero attached hydrogens (tertiary/aromatic N) is 1. The Balaban J connectivity index is 0.000000228. The van der Waals surface area contributed by atoms with Crippen LogP contribution >= 0.6 is 34.3 Å². The Kier molecular flexibility index (Phi) is 6.96. The van der Waals surface area contributed by atoms with E-state index in [0.717, 1.165) is 5.56 Å². The standard InChI is InChI=1S/C11H10ClN3OS.C5H5NO2S/c12-9-2-1-7(5-14-9)6-15-11(16)8-3-4-17-10(8)13;6-4-3(5(7)8)1-2-9-4/h1-5H,6,13H2,(H,15,16);1-2H,6H2,(H,7,8). The zero-order valence-electron chi connectivity index (χ0n) is 13.3. The minimum Gasteiger partial charge on any atom is -0.478 e. The van der Waals surface area contributed by atoms with E-state index in [1.165, 1.54) is 28.7 Å². The summed E-state index contributed by atoms with van der Waals surface area (Å²) in [4.78, 5) is 25.9. The number of rotatable bonds is 4. The number of amides is 1. The molecule has 0 aliphatic rings. The maximum absolute atomic E-state index is 11.7. The Morgan fingerprint density at radius 1 is 1.08 bits per heavy atom. The number of carboxylic acid groups (broad SMARTS) is 1. The second-order valence-electron chi connectivity index (χ2n) is 4.87. The van der Waals surface area contributed by atoms with Gasteiger partial charge < -0.3 is 21.9 Å². The van der Waals surface area contributed by atoms with Crippen molar-refractivity contribution in [1.29, 1.82) is 0 Å². The number of nitrogens with one attached hydrogen (secondary N) is 1. The van der Waals surface area contributed by atoms with Crippen LogP contribution in [0.3, 0.4) is 0 Å². The number of aromatic carboxylic acids is 1. The monoisotopic (exact) mass is 410 g/mol. The number of hydrogen-bond acceptors (Lipinski definition) is 7. The van der Waals surface area contributed by atoms with E-state index in [4.69, 9.17) is 28.2 Å². The quantitative estimate of drug-likeness (QED) is 0.488. The molecule has 0 saturated carbocycles. The van der Waals surface area contributed by atoms with Gasteiger partial charge in [-0.2, -0.15) is 0 Å². The fourth-order valence-corrected chi connectivity index (χ4v) is 3.18. The number of thiophene rings is 2. The summed E-state index contributed by atoms with van der Waals surface area (Å²) >= 11 is 8.24. The van der Waals surface area contributed by atoms with Gasteiger partial charge in [0.05, 0.1) is 16.1 Å². The normalized spacial score (nSPS) is 9.88. The highest BCUT2D eigenvalue weighted by Crippen LogP contribution is 2.19. The number of nitrogen functional groups attached to an aromatic ring is 2. The molecule has 0 saturated heterocycles. The Morgan fingerprint density at radius 3 is 2.12 bits per heavy atom. The Bertz CT molecular complexity index is 893. The average molecular weight is 411 g/mol. The van der Waals surface area contributed by atoms with Crippen LogP contribution in [-0.2, 0) is 6.54 Å². The van der Waals surface area contributed by atoms with Crippen LogP contribution in [0.1, 0.15) is 26.3 Å². The molecule has 0 aromatic carbocycles. The molecule has 3 rings (SSSR count). The molecule has 3 aromatic rings. The maximum atomic E-state index is 11.7. The van der Waals surface area contributed by atoms with E-state index in [-0.39, 0.29) is 11.5 Å². The third-order valence-corrected chi connectivity index (χ3v) is 4.82. The molecule has 0 fully saturated rings. The summed E-state index contributed by atoms with van der Waals surface area (Å²) < 4.78 is 0. The molecular formula is C16H15ClN4O3S2. The number of nitrogens with two attached hydrogens (primary N) is 2. The Hall–Kier alpha value is -2.62. The molecule has 0 atom stereocenters. The van der Waals surface area contributed by atoms with E-state index < -0.39 is 5.97 Å². The Morgan fingerprint density at radius 2 is 1.69 bits per heavy atom. The van der Waals surface area contributed by atoms with Crippen LogP contribution < -0.4 is 16.8 Å². The number of anilines is 2. The topological polar surface area (TPSA) is 131 Å². The molecule has 6 N–H and O–H groups in total. The fraction of sp³-hybridized carbons (Fsp3) is 0.0625. The largest absolute Gasteiger partial charge is 0.478 e. The SMILES string of the molecule is Nc1sccc1C(=O)NCc1ccc(Cl)nc1.Nc1sccc1C(=O)O. The van der Waals surface area contributed by atoms with Crippen molar-refractivity contribution in [3.63, 3.8) is 0 Å². The first-order valence-electron chi connectivity index (χ1n) is 7.16. The summed E-state index contributed by atoms with van der Waals surface area (Å²) in [5, 5.41) is 15.9. The fourth-order valence-electron chi connectivity index (χ4n) is 1.79. The van der Waals surface area contributed by atoms with Crippen LogP contribution in [0.15, 0.2) is 41.2 Å². The molecular weight excluding hydrogens is 396 g/mol. The van der Waals surface area contributed by atoms with Gasteiger partial charge in [-0.15, -0.1) is 22.7 Å². The molecule has 0 unspecified atom stereocenters. The van der Waals surface area contributed by atoms with Crippen LogP contribution in [0.4, 0.5) is 10.0 Å². The summed E-state index contributed by atoms with van der Waals surface area (Å²) in [7, 11) is 0. The lowest BCUT2D eigenvalue weighted by atomic mass is 10.2. The van der Waals surface area contributed by atoms with Crippen molar-refractivity contribution in [1.82, 2.24) is 10.3 Å². The first-order chi connectivity index (χ1) is 12.4.